The van der Waals surface area contributed by atoms with Crippen LogP contribution in [0.3, 0.4) is 0 Å². The predicted octanol–water partition coefficient (Wildman–Crippen LogP) is 1.23. The summed E-state index contributed by atoms with van der Waals surface area (Å²) in [5.41, 5.74) is 0. The van der Waals surface area contributed by atoms with Crippen molar-refractivity contribution in [2.24, 2.45) is 0 Å². The first-order valence-electron chi connectivity index (χ1n) is 5.30. The topological polar surface area (TPSA) is 26.3 Å². The largest absolute Gasteiger partial charge is 0.322 e. The average Bonchev–Trinajstić information content (AvgIpc) is 2.74. The third-order valence-electron chi connectivity index (χ3n) is 3.16. The highest BCUT2D eigenvalue weighted by Gasteiger charge is 2.41. The van der Waals surface area contributed by atoms with E-state index in [4.69, 9.17) is 4.74 Å². The molecule has 0 aromatic heterocycles. The lowest BCUT2D eigenvalue weighted by Gasteiger charge is -2.26. The third kappa shape index (κ3) is 2.30. The van der Waals surface area contributed by atoms with E-state index in [-0.39, 0.29) is 5.12 Å². The molecule has 0 bridgehead atoms. The van der Waals surface area contributed by atoms with Crippen LogP contribution in [0.15, 0.2) is 0 Å². The van der Waals surface area contributed by atoms with Gasteiger partial charge in [-0.1, -0.05) is 11.8 Å². The maximum atomic E-state index is 10.8. The van der Waals surface area contributed by atoms with Crippen LogP contribution in [-0.2, 0) is 9.53 Å². The zero-order valence-corrected chi connectivity index (χ0v) is 9.52. The summed E-state index contributed by atoms with van der Waals surface area (Å²) in [6.45, 7) is 6.19. The molecule has 0 amide bonds. The molecular weight excluding hydrogens is 198 g/mol. The number of carbonyl (C=O) groups is 1. The second kappa shape index (κ2) is 4.21. The molecule has 1 atom stereocenters. The van der Waals surface area contributed by atoms with Gasteiger partial charge in [0.1, 0.15) is 12.6 Å². The highest BCUT2D eigenvalue weighted by atomic mass is 32.2. The van der Waals surface area contributed by atoms with Gasteiger partial charge in [0.15, 0.2) is 11.8 Å². The zero-order valence-electron chi connectivity index (χ0n) is 8.70. The average molecular weight is 216 g/mol. The van der Waals surface area contributed by atoms with Crippen LogP contribution in [0.2, 0.25) is 0 Å². The van der Waals surface area contributed by atoms with Gasteiger partial charge >= 0.3 is 0 Å². The standard InChI is InChI=1S/C10H18NO2S/c1-9(12)14-7-10-6-11(8-13-10)4-2-3-5-11/h10H,2-8H2,1H3/q+1. The molecule has 14 heavy (non-hydrogen) atoms. The summed E-state index contributed by atoms with van der Waals surface area (Å²) < 4.78 is 6.90. The van der Waals surface area contributed by atoms with Gasteiger partial charge in [-0.2, -0.15) is 0 Å². The Bertz CT molecular complexity index is 226. The molecule has 1 spiro atoms. The van der Waals surface area contributed by atoms with Crippen LogP contribution in [-0.4, -0.2) is 47.8 Å². The Hall–Kier alpha value is -0.0600. The van der Waals surface area contributed by atoms with Crippen molar-refractivity contribution >= 4 is 16.9 Å². The van der Waals surface area contributed by atoms with Gasteiger partial charge in [-0.25, -0.2) is 0 Å². The molecule has 2 rings (SSSR count). The molecule has 0 N–H and O–H groups in total. The summed E-state index contributed by atoms with van der Waals surface area (Å²) >= 11 is 1.40. The summed E-state index contributed by atoms with van der Waals surface area (Å²) in [4.78, 5) is 10.8. The molecule has 2 fully saturated rings. The second-order valence-corrected chi connectivity index (χ2v) is 5.60. The maximum Gasteiger partial charge on any atom is 0.185 e. The summed E-state index contributed by atoms with van der Waals surface area (Å²) in [5, 5.41) is 0.202. The molecule has 0 aromatic carbocycles. The number of rotatable bonds is 2. The van der Waals surface area contributed by atoms with Crippen LogP contribution in [0.4, 0.5) is 0 Å². The van der Waals surface area contributed by atoms with E-state index >= 15 is 0 Å². The lowest BCUT2D eigenvalue weighted by Crippen LogP contribution is -2.43. The van der Waals surface area contributed by atoms with Crippen molar-refractivity contribution < 1.29 is 14.0 Å². The lowest BCUT2D eigenvalue weighted by molar-refractivity contribution is -0.914. The van der Waals surface area contributed by atoms with Crippen molar-refractivity contribution in [1.29, 1.82) is 0 Å². The van der Waals surface area contributed by atoms with Gasteiger partial charge in [0.05, 0.1) is 13.1 Å². The van der Waals surface area contributed by atoms with E-state index in [0.717, 1.165) is 23.5 Å². The Balaban J connectivity index is 1.79. The zero-order chi connectivity index (χ0) is 10.0. The van der Waals surface area contributed by atoms with E-state index in [1.807, 2.05) is 0 Å². The van der Waals surface area contributed by atoms with E-state index in [9.17, 15) is 4.79 Å². The monoisotopic (exact) mass is 216 g/mol. The van der Waals surface area contributed by atoms with Gasteiger partial charge in [0.2, 0.25) is 0 Å². The van der Waals surface area contributed by atoms with Gasteiger partial charge in [0, 0.05) is 25.5 Å². The van der Waals surface area contributed by atoms with Crippen LogP contribution < -0.4 is 0 Å². The quantitative estimate of drug-likeness (QED) is 0.650. The normalized spacial score (nSPS) is 29.9. The number of ether oxygens (including phenoxy) is 1. The Morgan fingerprint density at radius 3 is 2.86 bits per heavy atom. The smallest absolute Gasteiger partial charge is 0.185 e. The fraction of sp³-hybridized carbons (Fsp3) is 0.900. The predicted molar refractivity (Wildman–Crippen MR) is 57.0 cm³/mol. The molecule has 0 aliphatic carbocycles. The van der Waals surface area contributed by atoms with Crippen LogP contribution in [0.25, 0.3) is 0 Å². The van der Waals surface area contributed by atoms with E-state index in [1.54, 1.807) is 6.92 Å². The fourth-order valence-corrected chi connectivity index (χ4v) is 3.05. The molecule has 2 saturated heterocycles. The summed E-state index contributed by atoms with van der Waals surface area (Å²) in [7, 11) is 0. The van der Waals surface area contributed by atoms with E-state index < -0.39 is 0 Å². The fourth-order valence-electron chi connectivity index (χ4n) is 2.43. The van der Waals surface area contributed by atoms with Crippen molar-refractivity contribution in [3.8, 4) is 0 Å². The first kappa shape index (κ1) is 10.5. The summed E-state index contributed by atoms with van der Waals surface area (Å²) in [6.07, 6.45) is 2.99. The molecule has 4 heteroatoms. The van der Waals surface area contributed by atoms with Gasteiger partial charge in [-0.3, -0.25) is 9.28 Å². The van der Waals surface area contributed by atoms with Crippen molar-refractivity contribution in [3.05, 3.63) is 0 Å². The molecule has 2 aliphatic heterocycles. The molecule has 80 valence electrons. The minimum atomic E-state index is 0.202. The number of nitrogens with zero attached hydrogens (tertiary/aromatic N) is 1. The van der Waals surface area contributed by atoms with Crippen LogP contribution in [0, 0.1) is 0 Å². The summed E-state index contributed by atoms with van der Waals surface area (Å²) in [5.74, 6) is 0.843. The highest BCUT2D eigenvalue weighted by molar-refractivity contribution is 8.13. The Morgan fingerprint density at radius 1 is 1.50 bits per heavy atom. The van der Waals surface area contributed by atoms with Crippen molar-refractivity contribution in [3.63, 3.8) is 0 Å². The lowest BCUT2D eigenvalue weighted by atomic mass is 10.3. The first-order valence-corrected chi connectivity index (χ1v) is 6.29. The molecule has 2 heterocycles. The second-order valence-electron chi connectivity index (χ2n) is 4.40. The van der Waals surface area contributed by atoms with Crippen molar-refractivity contribution in [1.82, 2.24) is 0 Å². The van der Waals surface area contributed by atoms with E-state index in [2.05, 4.69) is 0 Å². The van der Waals surface area contributed by atoms with E-state index in [1.165, 1.54) is 37.7 Å². The molecule has 0 radical (unpaired) electrons. The highest BCUT2D eigenvalue weighted by Crippen LogP contribution is 2.27. The van der Waals surface area contributed by atoms with E-state index in [0.29, 0.717) is 6.10 Å². The van der Waals surface area contributed by atoms with Crippen molar-refractivity contribution in [2.45, 2.75) is 25.9 Å². The minimum absolute atomic E-state index is 0.202. The van der Waals surface area contributed by atoms with Gasteiger partial charge < -0.3 is 4.74 Å². The van der Waals surface area contributed by atoms with Crippen LogP contribution >= 0.6 is 11.8 Å². The minimum Gasteiger partial charge on any atom is -0.322 e. The van der Waals surface area contributed by atoms with Crippen LogP contribution in [0.1, 0.15) is 19.8 Å². The first-order chi connectivity index (χ1) is 6.70. The SMILES string of the molecule is CC(=O)SCC1C[N+]2(CCCC2)CO1. The van der Waals surface area contributed by atoms with Gasteiger partial charge in [-0.15, -0.1) is 0 Å². The number of quaternary nitrogens is 1. The number of carbonyl (C=O) groups excluding carboxylic acids is 1. The molecule has 2 aliphatic rings. The number of thioether (sulfide) groups is 1. The molecule has 0 aromatic rings. The van der Waals surface area contributed by atoms with Gasteiger partial charge in [0.25, 0.3) is 0 Å². The molecular formula is C10H18NO2S+. The molecule has 0 saturated carbocycles. The Labute approximate surface area is 89.4 Å². The summed E-state index contributed by atoms with van der Waals surface area (Å²) in [6, 6.07) is 0. The third-order valence-corrected chi connectivity index (χ3v) is 4.11. The van der Waals surface area contributed by atoms with Crippen molar-refractivity contribution in [2.75, 3.05) is 32.1 Å². The molecule has 3 nitrogen and oxygen atoms in total. The Morgan fingerprint density at radius 2 is 2.21 bits per heavy atom. The Kier molecular flexibility index (Phi) is 3.14. The maximum absolute atomic E-state index is 10.8. The number of hydrogen-bond acceptors (Lipinski definition) is 3. The molecule has 1 unspecified atom stereocenters. The van der Waals surface area contributed by atoms with Gasteiger partial charge in [-0.05, 0) is 0 Å². The number of hydrogen-bond donors (Lipinski definition) is 0. The van der Waals surface area contributed by atoms with Crippen LogP contribution in [0.5, 0.6) is 0 Å².